The van der Waals surface area contributed by atoms with Crippen LogP contribution in [-0.2, 0) is 16.0 Å². The largest absolute Gasteiger partial charge is 0.481 e. The fraction of sp³-hybridized carbons (Fsp3) is 0.407. The number of nitrogens with zero attached hydrogens (tertiary/aromatic N) is 1. The number of halogens is 1. The highest BCUT2D eigenvalue weighted by Crippen LogP contribution is 2.28. The Kier molecular flexibility index (Phi) is 8.81. The number of aliphatic carboxylic acids is 1. The van der Waals surface area contributed by atoms with Gasteiger partial charge in [-0.25, -0.2) is 4.79 Å². The first kappa shape index (κ1) is 26.6. The summed E-state index contributed by atoms with van der Waals surface area (Å²) in [6.45, 7) is 8.11. The van der Waals surface area contributed by atoms with E-state index < -0.39 is 17.7 Å². The maximum atomic E-state index is 13.1. The third-order valence-corrected chi connectivity index (χ3v) is 6.14. The minimum atomic E-state index is -0.879. The van der Waals surface area contributed by atoms with Gasteiger partial charge in [0.15, 0.2) is 0 Å². The topological polar surface area (TPSA) is 94.7 Å². The number of carboxylic acids is 1. The third-order valence-electron chi connectivity index (χ3n) is 5.80. The number of amides is 1. The fourth-order valence-electron chi connectivity index (χ4n) is 4.13. The van der Waals surface area contributed by atoms with Gasteiger partial charge in [0.2, 0.25) is 0 Å². The smallest absolute Gasteiger partial charge is 0.410 e. The van der Waals surface area contributed by atoms with Crippen molar-refractivity contribution in [2.24, 2.45) is 0 Å². The number of rotatable bonds is 10. The minimum absolute atomic E-state index is 0.0357. The first-order chi connectivity index (χ1) is 16.5. The molecule has 1 unspecified atom stereocenters. The second-order valence-corrected chi connectivity index (χ2v) is 10.1. The summed E-state index contributed by atoms with van der Waals surface area (Å²) in [7, 11) is 0. The number of carboxylic acid groups (broad SMARTS) is 1. The lowest BCUT2D eigenvalue weighted by Crippen LogP contribution is -2.44. The third kappa shape index (κ3) is 7.47. The van der Waals surface area contributed by atoms with Gasteiger partial charge in [-0.15, -0.1) is 0 Å². The highest BCUT2D eigenvalue weighted by Gasteiger charge is 2.28. The van der Waals surface area contributed by atoms with Crippen LogP contribution in [0.15, 0.2) is 54.7 Å². The zero-order valence-electron chi connectivity index (χ0n) is 20.7. The van der Waals surface area contributed by atoms with Gasteiger partial charge in [-0.3, -0.25) is 4.79 Å². The molecule has 0 saturated heterocycles. The van der Waals surface area contributed by atoms with Crippen molar-refractivity contribution in [2.75, 3.05) is 13.1 Å². The van der Waals surface area contributed by atoms with Gasteiger partial charge in [0.1, 0.15) is 5.60 Å². The molecule has 2 aromatic carbocycles. The van der Waals surface area contributed by atoms with Crippen LogP contribution >= 0.6 is 11.6 Å². The summed E-state index contributed by atoms with van der Waals surface area (Å²) in [5.41, 5.74) is 2.24. The average molecular weight is 500 g/mol. The molecule has 0 bridgehead atoms. The molecule has 0 spiro atoms. The molecule has 1 aromatic heterocycles. The van der Waals surface area contributed by atoms with Gasteiger partial charge in [-0.1, -0.05) is 48.0 Å². The van der Waals surface area contributed by atoms with E-state index in [0.29, 0.717) is 24.5 Å². The van der Waals surface area contributed by atoms with E-state index in [2.05, 4.69) is 10.3 Å². The Hall–Kier alpha value is -3.03. The molecule has 0 aliphatic rings. The molecular formula is C27H34ClN3O4. The molecule has 3 rings (SSSR count). The lowest BCUT2D eigenvalue weighted by atomic mass is 10.0. The maximum absolute atomic E-state index is 13.1. The SMILES string of the molecule is CC(c1ccccc1Cl)N(CCN[C@@H](CC(=O)O)Cc1c[nH]c2ccccc12)C(=O)OC(C)(C)C. The van der Waals surface area contributed by atoms with Crippen molar-refractivity contribution < 1.29 is 19.4 Å². The number of hydrogen-bond acceptors (Lipinski definition) is 4. The van der Waals surface area contributed by atoms with E-state index >= 15 is 0 Å². The van der Waals surface area contributed by atoms with Gasteiger partial charge in [0.25, 0.3) is 0 Å². The molecule has 2 atom stereocenters. The number of benzene rings is 2. The molecule has 3 aromatic rings. The van der Waals surface area contributed by atoms with Gasteiger partial charge in [0, 0.05) is 41.3 Å². The van der Waals surface area contributed by atoms with Gasteiger partial charge < -0.3 is 25.0 Å². The van der Waals surface area contributed by atoms with Crippen molar-refractivity contribution >= 4 is 34.6 Å². The number of aromatic nitrogens is 1. The molecule has 3 N–H and O–H groups in total. The van der Waals surface area contributed by atoms with Gasteiger partial charge in [-0.05, 0) is 57.4 Å². The monoisotopic (exact) mass is 499 g/mol. The first-order valence-corrected chi connectivity index (χ1v) is 12.2. The number of carbonyl (C=O) groups excluding carboxylic acids is 1. The number of H-pyrrole nitrogens is 1. The quantitative estimate of drug-likeness (QED) is 0.328. The van der Waals surface area contributed by atoms with E-state index in [1.807, 2.05) is 76.4 Å². The molecular weight excluding hydrogens is 466 g/mol. The summed E-state index contributed by atoms with van der Waals surface area (Å²) in [4.78, 5) is 29.5. The first-order valence-electron chi connectivity index (χ1n) is 11.8. The summed E-state index contributed by atoms with van der Waals surface area (Å²) in [5.74, 6) is -0.879. The molecule has 0 aliphatic carbocycles. The van der Waals surface area contributed by atoms with Crippen molar-refractivity contribution in [3.8, 4) is 0 Å². The van der Waals surface area contributed by atoms with E-state index in [1.165, 1.54) is 0 Å². The number of ether oxygens (including phenoxy) is 1. The van der Waals surface area contributed by atoms with Crippen LogP contribution in [0.5, 0.6) is 0 Å². The predicted octanol–water partition coefficient (Wildman–Crippen LogP) is 5.80. The van der Waals surface area contributed by atoms with E-state index in [-0.39, 0.29) is 18.5 Å². The molecule has 0 fully saturated rings. The van der Waals surface area contributed by atoms with Crippen molar-refractivity contribution in [2.45, 2.75) is 58.2 Å². The fourth-order valence-corrected chi connectivity index (χ4v) is 4.42. The van der Waals surface area contributed by atoms with E-state index in [9.17, 15) is 14.7 Å². The highest BCUT2D eigenvalue weighted by molar-refractivity contribution is 6.31. The van der Waals surface area contributed by atoms with Gasteiger partial charge in [-0.2, -0.15) is 0 Å². The lowest BCUT2D eigenvalue weighted by Gasteiger charge is -2.33. The van der Waals surface area contributed by atoms with Crippen LogP contribution in [0.25, 0.3) is 10.9 Å². The molecule has 35 heavy (non-hydrogen) atoms. The Morgan fingerprint density at radius 1 is 1.14 bits per heavy atom. The van der Waals surface area contributed by atoms with Crippen molar-refractivity contribution in [3.63, 3.8) is 0 Å². The summed E-state index contributed by atoms with van der Waals surface area (Å²) in [6.07, 6.45) is 1.99. The number of aromatic amines is 1. The average Bonchev–Trinajstić information content (AvgIpc) is 3.17. The Balaban J connectivity index is 1.74. The lowest BCUT2D eigenvalue weighted by molar-refractivity contribution is -0.137. The predicted molar refractivity (Wildman–Crippen MR) is 139 cm³/mol. The standard InChI is InChI=1S/C27H34ClN3O4/c1-18(21-9-5-7-11-23(21)28)31(26(34)35-27(2,3)4)14-13-29-20(16-25(32)33)15-19-17-30-24-12-8-6-10-22(19)24/h5-12,17-18,20,29-30H,13-16H2,1-4H3,(H,32,33)/t18?,20-/m1/s1. The zero-order chi connectivity index (χ0) is 25.6. The Morgan fingerprint density at radius 2 is 1.83 bits per heavy atom. The molecule has 0 saturated carbocycles. The van der Waals surface area contributed by atoms with Crippen LogP contribution in [0.3, 0.4) is 0 Å². The van der Waals surface area contributed by atoms with Crippen LogP contribution in [-0.4, -0.2) is 51.8 Å². The van der Waals surface area contributed by atoms with Crippen LogP contribution < -0.4 is 5.32 Å². The second-order valence-electron chi connectivity index (χ2n) is 9.68. The minimum Gasteiger partial charge on any atom is -0.481 e. The summed E-state index contributed by atoms with van der Waals surface area (Å²) in [5, 5.41) is 14.5. The van der Waals surface area contributed by atoms with E-state index in [4.69, 9.17) is 16.3 Å². The number of hydrogen-bond donors (Lipinski definition) is 3. The molecule has 7 nitrogen and oxygen atoms in total. The van der Waals surface area contributed by atoms with Crippen LogP contribution in [0.2, 0.25) is 5.02 Å². The summed E-state index contributed by atoms with van der Waals surface area (Å²) in [6, 6.07) is 14.7. The van der Waals surface area contributed by atoms with E-state index in [0.717, 1.165) is 22.0 Å². The van der Waals surface area contributed by atoms with Gasteiger partial charge >= 0.3 is 12.1 Å². The number of carbonyl (C=O) groups is 2. The molecule has 8 heteroatoms. The van der Waals surface area contributed by atoms with Crippen LogP contribution in [0, 0.1) is 0 Å². The number of nitrogens with one attached hydrogen (secondary N) is 2. The molecule has 1 amide bonds. The normalized spacial score (nSPS) is 13.4. The number of fused-ring (bicyclic) bond motifs is 1. The van der Waals surface area contributed by atoms with E-state index in [1.54, 1.807) is 11.0 Å². The van der Waals surface area contributed by atoms with Crippen LogP contribution in [0.4, 0.5) is 4.79 Å². The van der Waals surface area contributed by atoms with Crippen LogP contribution in [0.1, 0.15) is 51.3 Å². The van der Waals surface area contributed by atoms with Crippen molar-refractivity contribution in [1.29, 1.82) is 0 Å². The van der Waals surface area contributed by atoms with Crippen molar-refractivity contribution in [3.05, 3.63) is 70.9 Å². The Morgan fingerprint density at radius 3 is 2.51 bits per heavy atom. The summed E-state index contributed by atoms with van der Waals surface area (Å²) >= 11 is 6.41. The Bertz CT molecular complexity index is 1150. The van der Waals surface area contributed by atoms with Crippen molar-refractivity contribution in [1.82, 2.24) is 15.2 Å². The summed E-state index contributed by atoms with van der Waals surface area (Å²) < 4.78 is 5.66. The van der Waals surface area contributed by atoms with Gasteiger partial charge in [0.05, 0.1) is 12.5 Å². The number of para-hydroxylation sites is 1. The molecule has 1 heterocycles. The zero-order valence-corrected chi connectivity index (χ0v) is 21.4. The molecule has 0 radical (unpaired) electrons. The molecule has 0 aliphatic heterocycles. The molecule has 188 valence electrons. The highest BCUT2D eigenvalue weighted by atomic mass is 35.5. The Labute approximate surface area is 211 Å². The maximum Gasteiger partial charge on any atom is 0.410 e. The second kappa shape index (κ2) is 11.6.